The molecule has 0 atom stereocenters. The van der Waals surface area contributed by atoms with E-state index in [1.165, 1.54) is 0 Å². The molecule has 2 N–H and O–H groups in total. The lowest BCUT2D eigenvalue weighted by Gasteiger charge is -2.05. The molecule has 0 fully saturated rings. The van der Waals surface area contributed by atoms with Gasteiger partial charge < -0.3 is 15.0 Å². The average molecular weight is 301 g/mol. The van der Waals surface area contributed by atoms with E-state index in [1.54, 1.807) is 18.2 Å². The van der Waals surface area contributed by atoms with Gasteiger partial charge in [-0.3, -0.25) is 0 Å². The number of nitrogens with zero attached hydrogens (tertiary/aromatic N) is 2. The Morgan fingerprint density at radius 2 is 2.10 bits per heavy atom. The molecule has 0 spiro atoms. The van der Waals surface area contributed by atoms with Crippen LogP contribution in [-0.4, -0.2) is 29.5 Å². The van der Waals surface area contributed by atoms with E-state index in [-0.39, 0.29) is 13.0 Å². The van der Waals surface area contributed by atoms with Crippen LogP contribution in [0.3, 0.4) is 0 Å². The minimum Gasteiger partial charge on any atom is -0.399 e. The molecule has 5 nitrogen and oxygen atoms in total. The van der Waals surface area contributed by atoms with Gasteiger partial charge in [0, 0.05) is 17.7 Å². The summed E-state index contributed by atoms with van der Waals surface area (Å²) in [5.74, 6) is 0.588. The lowest BCUT2D eigenvalue weighted by Crippen LogP contribution is -2.18. The third kappa shape index (κ3) is 4.45. The lowest BCUT2D eigenvalue weighted by molar-refractivity contribution is -0.173. The van der Waals surface area contributed by atoms with Crippen LogP contribution < -0.4 is 5.73 Å². The normalized spacial score (nSPS) is 11.8. The average Bonchev–Trinajstić information content (AvgIpc) is 2.86. The maximum atomic E-state index is 11.9. The van der Waals surface area contributed by atoms with Crippen LogP contribution in [0.4, 0.5) is 18.9 Å². The SMILES string of the molecule is Cc1cc(-c2nc(CCOCC(F)(F)F)no2)ccc1N. The van der Waals surface area contributed by atoms with Gasteiger partial charge in [-0.1, -0.05) is 5.16 Å². The Bertz CT molecular complexity index is 611. The van der Waals surface area contributed by atoms with Crippen LogP contribution in [0.5, 0.6) is 0 Å². The van der Waals surface area contributed by atoms with Crippen molar-refractivity contribution >= 4 is 5.69 Å². The van der Waals surface area contributed by atoms with Crippen molar-refractivity contribution in [3.63, 3.8) is 0 Å². The van der Waals surface area contributed by atoms with Crippen LogP contribution in [0.1, 0.15) is 11.4 Å². The van der Waals surface area contributed by atoms with Crippen LogP contribution in [0, 0.1) is 6.92 Å². The van der Waals surface area contributed by atoms with E-state index in [9.17, 15) is 13.2 Å². The third-order valence-electron chi connectivity index (χ3n) is 2.72. The van der Waals surface area contributed by atoms with Gasteiger partial charge in [0.2, 0.25) is 0 Å². The minimum atomic E-state index is -4.33. The van der Waals surface area contributed by atoms with Gasteiger partial charge in [0.15, 0.2) is 5.82 Å². The Morgan fingerprint density at radius 3 is 2.76 bits per heavy atom. The molecule has 21 heavy (non-hydrogen) atoms. The zero-order chi connectivity index (χ0) is 15.5. The fourth-order valence-corrected chi connectivity index (χ4v) is 1.63. The summed E-state index contributed by atoms with van der Waals surface area (Å²) in [6.07, 6.45) is -4.18. The highest BCUT2D eigenvalue weighted by molar-refractivity contribution is 5.60. The Labute approximate surface area is 118 Å². The van der Waals surface area contributed by atoms with E-state index in [1.807, 2.05) is 6.92 Å². The first-order valence-electron chi connectivity index (χ1n) is 6.19. The summed E-state index contributed by atoms with van der Waals surface area (Å²) in [5.41, 5.74) is 7.95. The summed E-state index contributed by atoms with van der Waals surface area (Å²) >= 11 is 0. The molecule has 8 heteroatoms. The van der Waals surface area contributed by atoms with Crippen LogP contribution in [0.25, 0.3) is 11.5 Å². The number of anilines is 1. The first-order chi connectivity index (χ1) is 9.85. The van der Waals surface area contributed by atoms with Gasteiger partial charge in [-0.05, 0) is 30.7 Å². The van der Waals surface area contributed by atoms with Crippen LogP contribution in [0.15, 0.2) is 22.7 Å². The van der Waals surface area contributed by atoms with Crippen molar-refractivity contribution in [1.82, 2.24) is 10.1 Å². The van der Waals surface area contributed by atoms with E-state index < -0.39 is 12.8 Å². The number of aryl methyl sites for hydroxylation is 1. The molecule has 0 saturated carbocycles. The van der Waals surface area contributed by atoms with E-state index in [2.05, 4.69) is 14.9 Å². The molecular formula is C13H14F3N3O2. The molecule has 0 radical (unpaired) electrons. The number of rotatable bonds is 5. The first-order valence-corrected chi connectivity index (χ1v) is 6.19. The Morgan fingerprint density at radius 1 is 1.33 bits per heavy atom. The fraction of sp³-hybridized carbons (Fsp3) is 0.385. The highest BCUT2D eigenvalue weighted by Crippen LogP contribution is 2.22. The second kappa shape index (κ2) is 6.13. The number of halogens is 3. The summed E-state index contributed by atoms with van der Waals surface area (Å²) in [5, 5.41) is 3.70. The summed E-state index contributed by atoms with van der Waals surface area (Å²) < 4.78 is 45.2. The number of alkyl halides is 3. The molecule has 114 valence electrons. The van der Waals surface area contributed by atoms with E-state index in [0.717, 1.165) is 5.56 Å². The second-order valence-electron chi connectivity index (χ2n) is 4.50. The highest BCUT2D eigenvalue weighted by Gasteiger charge is 2.27. The van der Waals surface area contributed by atoms with Crippen LogP contribution in [-0.2, 0) is 11.2 Å². The van der Waals surface area contributed by atoms with Gasteiger partial charge in [-0.15, -0.1) is 0 Å². The van der Waals surface area contributed by atoms with Crippen LogP contribution in [0.2, 0.25) is 0 Å². The van der Waals surface area contributed by atoms with Crippen molar-refractivity contribution in [3.05, 3.63) is 29.6 Å². The van der Waals surface area contributed by atoms with E-state index in [4.69, 9.17) is 10.3 Å². The molecule has 2 aromatic rings. The van der Waals surface area contributed by atoms with Gasteiger partial charge in [0.1, 0.15) is 6.61 Å². The number of benzene rings is 1. The fourth-order valence-electron chi connectivity index (χ4n) is 1.63. The molecule has 0 amide bonds. The molecule has 0 unspecified atom stereocenters. The van der Waals surface area contributed by atoms with Crippen LogP contribution >= 0.6 is 0 Å². The Balaban J connectivity index is 1.93. The second-order valence-corrected chi connectivity index (χ2v) is 4.50. The highest BCUT2D eigenvalue weighted by atomic mass is 19.4. The predicted molar refractivity (Wildman–Crippen MR) is 69.5 cm³/mol. The standard InChI is InChI=1S/C13H14F3N3O2/c1-8-6-9(2-3-10(8)17)12-18-11(19-21-12)4-5-20-7-13(14,15)16/h2-3,6H,4-5,7,17H2,1H3. The molecular weight excluding hydrogens is 287 g/mol. The predicted octanol–water partition coefficient (Wildman–Crippen LogP) is 2.75. The summed E-state index contributed by atoms with van der Waals surface area (Å²) in [6.45, 7) is 0.440. The van der Waals surface area contributed by atoms with Crippen molar-refractivity contribution in [2.45, 2.75) is 19.5 Å². The number of aromatic nitrogens is 2. The molecule has 0 aliphatic rings. The smallest absolute Gasteiger partial charge is 0.399 e. The van der Waals surface area contributed by atoms with Crippen molar-refractivity contribution in [1.29, 1.82) is 0 Å². The monoisotopic (exact) mass is 301 g/mol. The van der Waals surface area contributed by atoms with Gasteiger partial charge in [0.25, 0.3) is 5.89 Å². The van der Waals surface area contributed by atoms with Gasteiger partial charge in [0.05, 0.1) is 6.61 Å². The van der Waals surface area contributed by atoms with Crippen molar-refractivity contribution < 1.29 is 22.4 Å². The minimum absolute atomic E-state index is 0.126. The summed E-state index contributed by atoms with van der Waals surface area (Å²) in [4.78, 5) is 4.11. The Hall–Kier alpha value is -2.09. The van der Waals surface area contributed by atoms with Gasteiger partial charge in [-0.25, -0.2) is 0 Å². The molecule has 2 rings (SSSR count). The number of hydrogen-bond acceptors (Lipinski definition) is 5. The van der Waals surface area contributed by atoms with Gasteiger partial charge >= 0.3 is 6.18 Å². The van der Waals surface area contributed by atoms with E-state index >= 15 is 0 Å². The maximum Gasteiger partial charge on any atom is 0.411 e. The maximum absolute atomic E-state index is 11.9. The van der Waals surface area contributed by atoms with Crippen molar-refractivity contribution in [3.8, 4) is 11.5 Å². The molecule has 0 bridgehead atoms. The zero-order valence-electron chi connectivity index (χ0n) is 11.3. The molecule has 0 aliphatic heterocycles. The quantitative estimate of drug-likeness (QED) is 0.679. The lowest BCUT2D eigenvalue weighted by atomic mass is 10.1. The van der Waals surface area contributed by atoms with Crippen molar-refractivity contribution in [2.75, 3.05) is 18.9 Å². The molecule has 1 heterocycles. The largest absolute Gasteiger partial charge is 0.411 e. The topological polar surface area (TPSA) is 74.2 Å². The molecule has 0 aliphatic carbocycles. The first kappa shape index (κ1) is 15.3. The van der Waals surface area contributed by atoms with E-state index in [0.29, 0.717) is 23.0 Å². The number of hydrogen-bond donors (Lipinski definition) is 1. The number of nitrogens with two attached hydrogens (primary N) is 1. The number of ether oxygens (including phenoxy) is 1. The summed E-state index contributed by atoms with van der Waals surface area (Å²) in [6, 6.07) is 5.26. The molecule has 0 saturated heterocycles. The summed E-state index contributed by atoms with van der Waals surface area (Å²) in [7, 11) is 0. The zero-order valence-corrected chi connectivity index (χ0v) is 11.3. The molecule has 1 aromatic carbocycles. The third-order valence-corrected chi connectivity index (χ3v) is 2.72. The molecule has 1 aromatic heterocycles. The van der Waals surface area contributed by atoms with Gasteiger partial charge in [-0.2, -0.15) is 18.2 Å². The van der Waals surface area contributed by atoms with Crippen molar-refractivity contribution in [2.24, 2.45) is 0 Å². The number of nitrogen functional groups attached to an aromatic ring is 1. The Kier molecular flexibility index (Phi) is 4.46.